The standard InChI is InChI=1S/C42H26O3/c1-3-9-25(10-4-1)27-15-18-38-33(21-27)34-24-31(29-17-20-37-32(23-29)30-13-7-8-14-36(30)43-37)41-40(42(34)44-38)35-22-28(16-19-39(35)45-41)26-11-5-2-6-12-26/h1-23,34H,24H2. The predicted molar refractivity (Wildman–Crippen MR) is 180 cm³/mol. The van der Waals surface area contributed by atoms with Gasteiger partial charge in [-0.15, -0.1) is 0 Å². The van der Waals surface area contributed by atoms with Crippen LogP contribution in [0.15, 0.2) is 148 Å². The van der Waals surface area contributed by atoms with Crippen LogP contribution >= 0.6 is 0 Å². The lowest BCUT2D eigenvalue weighted by Gasteiger charge is -2.18. The number of rotatable bonds is 3. The summed E-state index contributed by atoms with van der Waals surface area (Å²) in [7, 11) is 0. The molecule has 3 nitrogen and oxygen atoms in total. The molecule has 0 saturated carbocycles. The van der Waals surface area contributed by atoms with Gasteiger partial charge in [0.25, 0.3) is 0 Å². The maximum Gasteiger partial charge on any atom is 0.142 e. The Hall–Kier alpha value is -5.80. The average Bonchev–Trinajstić information content (AvgIpc) is 3.79. The Morgan fingerprint density at radius 2 is 1.09 bits per heavy atom. The number of furan rings is 2. The van der Waals surface area contributed by atoms with E-state index in [1.165, 1.54) is 27.8 Å². The van der Waals surface area contributed by atoms with Crippen LogP contribution in [0.3, 0.4) is 0 Å². The Balaban J connectivity index is 1.25. The van der Waals surface area contributed by atoms with Crippen molar-refractivity contribution in [1.82, 2.24) is 0 Å². The number of benzene rings is 6. The summed E-state index contributed by atoms with van der Waals surface area (Å²) in [4.78, 5) is 0. The third-order valence-corrected chi connectivity index (χ3v) is 9.48. The first kappa shape index (κ1) is 24.6. The third kappa shape index (κ3) is 3.71. The Morgan fingerprint density at radius 3 is 1.89 bits per heavy atom. The lowest BCUT2D eigenvalue weighted by Crippen LogP contribution is -2.33. The molecule has 0 amide bonds. The highest BCUT2D eigenvalue weighted by molar-refractivity contribution is 6.06. The van der Waals surface area contributed by atoms with Crippen molar-refractivity contribution in [3.05, 3.63) is 161 Å². The van der Waals surface area contributed by atoms with Gasteiger partial charge >= 0.3 is 0 Å². The summed E-state index contributed by atoms with van der Waals surface area (Å²) < 4.78 is 19.7. The maximum atomic E-state index is 6.77. The number of ether oxygens (including phenoxy) is 1. The van der Waals surface area contributed by atoms with Crippen LogP contribution in [-0.4, -0.2) is 0 Å². The Bertz CT molecular complexity index is 2590. The van der Waals surface area contributed by atoms with Gasteiger partial charge in [-0.1, -0.05) is 97.1 Å². The molecule has 0 fully saturated rings. The van der Waals surface area contributed by atoms with Gasteiger partial charge in [0.2, 0.25) is 0 Å². The molecule has 1 aliphatic heterocycles. The average molecular weight is 579 g/mol. The van der Waals surface area contributed by atoms with E-state index in [0.29, 0.717) is 0 Å². The molecule has 0 N–H and O–H groups in total. The number of fused-ring (bicyclic) bond motifs is 9. The molecule has 6 aromatic carbocycles. The van der Waals surface area contributed by atoms with E-state index in [0.717, 1.165) is 72.6 Å². The van der Waals surface area contributed by atoms with Crippen LogP contribution in [0.2, 0.25) is 0 Å². The van der Waals surface area contributed by atoms with Crippen molar-refractivity contribution in [2.45, 2.75) is 12.3 Å². The second-order valence-electron chi connectivity index (χ2n) is 12.0. The minimum atomic E-state index is 0.0733. The molecule has 2 aromatic heterocycles. The van der Waals surface area contributed by atoms with Crippen LogP contribution in [0.1, 0.15) is 23.5 Å². The zero-order chi connectivity index (χ0) is 29.5. The zero-order valence-corrected chi connectivity index (χ0v) is 24.3. The Morgan fingerprint density at radius 1 is 0.467 bits per heavy atom. The number of hydrogen-bond donors (Lipinski definition) is 0. The molecule has 45 heavy (non-hydrogen) atoms. The minimum Gasteiger partial charge on any atom is -0.460 e. The molecule has 8 aromatic rings. The molecule has 0 radical (unpaired) electrons. The lowest BCUT2D eigenvalue weighted by molar-refractivity contribution is 0.499. The van der Waals surface area contributed by atoms with Crippen molar-refractivity contribution in [2.75, 3.05) is 0 Å². The molecule has 212 valence electrons. The van der Waals surface area contributed by atoms with E-state index in [-0.39, 0.29) is 5.92 Å². The molecule has 1 unspecified atom stereocenters. The third-order valence-electron chi connectivity index (χ3n) is 9.48. The quantitative estimate of drug-likeness (QED) is 0.209. The van der Waals surface area contributed by atoms with Crippen molar-refractivity contribution < 1.29 is 13.6 Å². The first-order chi connectivity index (χ1) is 22.3. The number of para-hydroxylation sites is 1. The lowest BCUT2D eigenvalue weighted by atomic mass is 9.83. The second kappa shape index (κ2) is 9.35. The zero-order valence-electron chi connectivity index (χ0n) is 24.3. The smallest absolute Gasteiger partial charge is 0.142 e. The normalized spacial score (nSPS) is 15.3. The fraction of sp³-hybridized carbons (Fsp3) is 0.0476. The molecule has 3 heteroatoms. The van der Waals surface area contributed by atoms with E-state index >= 15 is 0 Å². The molecule has 2 aliphatic rings. The van der Waals surface area contributed by atoms with Crippen molar-refractivity contribution >= 4 is 44.2 Å². The van der Waals surface area contributed by atoms with Gasteiger partial charge in [0.15, 0.2) is 0 Å². The minimum absolute atomic E-state index is 0.0733. The molecule has 0 saturated heterocycles. The van der Waals surface area contributed by atoms with Gasteiger partial charge in [0.05, 0.1) is 11.1 Å². The van der Waals surface area contributed by atoms with Gasteiger partial charge in [-0.2, -0.15) is 0 Å². The maximum absolute atomic E-state index is 6.77. The van der Waals surface area contributed by atoms with Gasteiger partial charge in [-0.05, 0) is 76.7 Å². The Kier molecular flexibility index (Phi) is 5.11. The van der Waals surface area contributed by atoms with Crippen LogP contribution in [0.4, 0.5) is 0 Å². The topological polar surface area (TPSA) is 35.5 Å². The molecule has 1 aliphatic carbocycles. The van der Waals surface area contributed by atoms with Crippen molar-refractivity contribution in [1.29, 1.82) is 0 Å². The predicted octanol–water partition coefficient (Wildman–Crippen LogP) is 9.55. The first-order valence-electron chi connectivity index (χ1n) is 15.4. The largest absolute Gasteiger partial charge is 0.460 e. The van der Waals surface area contributed by atoms with E-state index in [1.54, 1.807) is 0 Å². The van der Waals surface area contributed by atoms with E-state index < -0.39 is 0 Å². The second-order valence-corrected chi connectivity index (χ2v) is 12.0. The summed E-state index contributed by atoms with van der Waals surface area (Å²) in [5.41, 5.74) is 11.8. The summed E-state index contributed by atoms with van der Waals surface area (Å²) in [5.74, 6) is 1.98. The van der Waals surface area contributed by atoms with Crippen molar-refractivity contribution in [3.63, 3.8) is 0 Å². The molecule has 0 bridgehead atoms. The monoisotopic (exact) mass is 578 g/mol. The van der Waals surface area contributed by atoms with Crippen molar-refractivity contribution in [2.24, 2.45) is 0 Å². The van der Waals surface area contributed by atoms with E-state index in [2.05, 4.69) is 127 Å². The summed E-state index contributed by atoms with van der Waals surface area (Å²) in [5, 5.41) is 4.37. The summed E-state index contributed by atoms with van der Waals surface area (Å²) in [6.07, 6.45) is 0.778. The molecular formula is C42H26O3. The van der Waals surface area contributed by atoms with E-state index in [1.807, 2.05) is 12.1 Å². The van der Waals surface area contributed by atoms with Gasteiger partial charge in [-0.25, -0.2) is 0 Å². The molecule has 1 atom stereocenters. The van der Waals surface area contributed by atoms with E-state index in [9.17, 15) is 0 Å². The van der Waals surface area contributed by atoms with Gasteiger partial charge in [-0.3, -0.25) is 0 Å². The Labute approximate surface area is 258 Å². The summed E-state index contributed by atoms with van der Waals surface area (Å²) in [6, 6.07) is 49.0. The number of hydrogen-bond acceptors (Lipinski definition) is 3. The first-order valence-corrected chi connectivity index (χ1v) is 15.4. The van der Waals surface area contributed by atoms with Crippen LogP contribution in [0.25, 0.3) is 66.5 Å². The molecule has 0 spiro atoms. The van der Waals surface area contributed by atoms with Crippen LogP contribution < -0.4 is 15.4 Å². The highest BCUT2D eigenvalue weighted by Crippen LogP contribution is 2.48. The fourth-order valence-corrected chi connectivity index (χ4v) is 7.31. The molecule has 3 heterocycles. The summed E-state index contributed by atoms with van der Waals surface area (Å²) >= 11 is 0. The highest BCUT2D eigenvalue weighted by atomic mass is 16.5. The molecule has 10 rings (SSSR count). The van der Waals surface area contributed by atoms with E-state index in [4.69, 9.17) is 13.6 Å². The van der Waals surface area contributed by atoms with Gasteiger partial charge in [0.1, 0.15) is 33.7 Å². The highest BCUT2D eigenvalue weighted by Gasteiger charge is 2.36. The molecular weight excluding hydrogens is 552 g/mol. The van der Waals surface area contributed by atoms with Gasteiger partial charge < -0.3 is 13.6 Å². The van der Waals surface area contributed by atoms with Crippen LogP contribution in [0, 0.1) is 0 Å². The summed E-state index contributed by atoms with van der Waals surface area (Å²) in [6.45, 7) is 0. The van der Waals surface area contributed by atoms with Gasteiger partial charge in [0, 0.05) is 27.3 Å². The fourth-order valence-electron chi connectivity index (χ4n) is 7.31. The van der Waals surface area contributed by atoms with Crippen LogP contribution in [-0.2, 0) is 0 Å². The SMILES string of the molecule is c1ccc(-c2ccc3c(c2)C2CC(c4ccc5oc6ccccc6c5c4)=c4oc5ccc(-c6ccccc6)cc5c4=C2O3)cc1. The van der Waals surface area contributed by atoms with Crippen LogP contribution in [0.5, 0.6) is 5.75 Å². The van der Waals surface area contributed by atoms with Crippen molar-refractivity contribution in [3.8, 4) is 28.0 Å².